The van der Waals surface area contributed by atoms with Crippen LogP contribution in [0.25, 0.3) is 0 Å². The number of halogens is 2. The van der Waals surface area contributed by atoms with Gasteiger partial charge in [0.15, 0.2) is 12.4 Å². The highest BCUT2D eigenvalue weighted by atomic mass is 35.5. The fourth-order valence-electron chi connectivity index (χ4n) is 3.48. The molecule has 0 unspecified atom stereocenters. The maximum atomic E-state index is 12.7. The van der Waals surface area contributed by atoms with E-state index in [0.717, 1.165) is 11.3 Å². The minimum absolute atomic E-state index is 0.00728. The number of Topliss-reactive ketones (excluding diaryl/α,β-unsaturated/α-hetero) is 1. The Hall–Kier alpha value is -2.35. The predicted molar refractivity (Wildman–Crippen MR) is 103 cm³/mol. The lowest BCUT2D eigenvalue weighted by atomic mass is 9.93. The number of carboxylic acid groups (broad SMARTS) is 1. The highest BCUT2D eigenvalue weighted by molar-refractivity contribution is 6.42. The summed E-state index contributed by atoms with van der Waals surface area (Å²) in [6.45, 7) is 1.35. The van der Waals surface area contributed by atoms with Crippen LogP contribution in [-0.4, -0.2) is 33.9 Å². The van der Waals surface area contributed by atoms with Crippen LogP contribution in [0.2, 0.25) is 10.0 Å². The Morgan fingerprint density at radius 2 is 2.00 bits per heavy atom. The van der Waals surface area contributed by atoms with Gasteiger partial charge < -0.3 is 9.67 Å². The SMILES string of the molecule is Cc1c2c(n(Cc3ccc(Cl)c(Cl)c3)c1C(=O)NOCC(=O)O)CCCC2=O. The highest BCUT2D eigenvalue weighted by Gasteiger charge is 2.30. The molecule has 1 aromatic heterocycles. The number of aromatic nitrogens is 1. The fraction of sp³-hybridized carbons (Fsp3) is 0.316. The number of carboxylic acids is 1. The molecule has 148 valence electrons. The lowest BCUT2D eigenvalue weighted by Crippen LogP contribution is -2.29. The van der Waals surface area contributed by atoms with Crippen molar-refractivity contribution in [2.75, 3.05) is 6.61 Å². The first-order valence-electron chi connectivity index (χ1n) is 8.62. The summed E-state index contributed by atoms with van der Waals surface area (Å²) < 4.78 is 1.76. The first-order valence-corrected chi connectivity index (χ1v) is 9.38. The van der Waals surface area contributed by atoms with E-state index in [1.54, 1.807) is 29.7 Å². The maximum Gasteiger partial charge on any atom is 0.332 e. The number of carbonyl (C=O) groups is 3. The van der Waals surface area contributed by atoms with Crippen molar-refractivity contribution in [1.82, 2.24) is 10.0 Å². The van der Waals surface area contributed by atoms with Gasteiger partial charge in [-0.1, -0.05) is 29.3 Å². The van der Waals surface area contributed by atoms with Gasteiger partial charge in [-0.15, -0.1) is 0 Å². The largest absolute Gasteiger partial charge is 0.479 e. The highest BCUT2D eigenvalue weighted by Crippen LogP contribution is 2.31. The minimum Gasteiger partial charge on any atom is -0.479 e. The lowest BCUT2D eigenvalue weighted by Gasteiger charge is -2.17. The Morgan fingerprint density at radius 3 is 2.68 bits per heavy atom. The Kier molecular flexibility index (Phi) is 6.07. The predicted octanol–water partition coefficient (Wildman–Crippen LogP) is 3.42. The van der Waals surface area contributed by atoms with Gasteiger partial charge >= 0.3 is 5.97 Å². The number of nitrogens with zero attached hydrogens (tertiary/aromatic N) is 1. The molecule has 2 N–H and O–H groups in total. The normalized spacial score (nSPS) is 13.3. The summed E-state index contributed by atoms with van der Waals surface area (Å²) in [4.78, 5) is 40.5. The molecule has 0 radical (unpaired) electrons. The molecule has 1 amide bonds. The van der Waals surface area contributed by atoms with E-state index in [4.69, 9.17) is 33.1 Å². The molecule has 0 aliphatic heterocycles. The van der Waals surface area contributed by atoms with Crippen LogP contribution in [-0.2, 0) is 22.6 Å². The van der Waals surface area contributed by atoms with Crippen LogP contribution in [0, 0.1) is 6.92 Å². The third kappa shape index (κ3) is 4.06. The molecule has 0 spiro atoms. The van der Waals surface area contributed by atoms with E-state index < -0.39 is 18.5 Å². The summed E-state index contributed by atoms with van der Waals surface area (Å²) in [5, 5.41) is 9.48. The van der Waals surface area contributed by atoms with Gasteiger partial charge in [0.2, 0.25) is 0 Å². The molecule has 1 aliphatic carbocycles. The molecular weight excluding hydrogens is 407 g/mol. The number of rotatable bonds is 6. The zero-order chi connectivity index (χ0) is 20.4. The second kappa shape index (κ2) is 8.34. The molecule has 1 heterocycles. The van der Waals surface area contributed by atoms with Gasteiger partial charge in [0.1, 0.15) is 5.69 Å². The van der Waals surface area contributed by atoms with Crippen molar-refractivity contribution in [1.29, 1.82) is 0 Å². The van der Waals surface area contributed by atoms with Gasteiger partial charge in [0.25, 0.3) is 5.91 Å². The third-order valence-corrected chi connectivity index (χ3v) is 5.35. The van der Waals surface area contributed by atoms with Crippen molar-refractivity contribution in [3.63, 3.8) is 0 Å². The number of amides is 1. The van der Waals surface area contributed by atoms with Gasteiger partial charge in [-0.2, -0.15) is 0 Å². The first-order chi connectivity index (χ1) is 13.3. The monoisotopic (exact) mass is 424 g/mol. The number of hydroxylamine groups is 1. The van der Waals surface area contributed by atoms with E-state index in [1.165, 1.54) is 0 Å². The number of aliphatic carboxylic acids is 1. The van der Waals surface area contributed by atoms with E-state index in [0.29, 0.717) is 47.0 Å². The van der Waals surface area contributed by atoms with Crippen molar-refractivity contribution in [3.05, 3.63) is 56.3 Å². The van der Waals surface area contributed by atoms with Gasteiger partial charge in [-0.25, -0.2) is 10.3 Å². The van der Waals surface area contributed by atoms with Crippen LogP contribution in [0.5, 0.6) is 0 Å². The second-order valence-electron chi connectivity index (χ2n) is 6.52. The van der Waals surface area contributed by atoms with Crippen molar-refractivity contribution in [2.45, 2.75) is 32.7 Å². The smallest absolute Gasteiger partial charge is 0.332 e. The Balaban J connectivity index is 2.02. The number of carbonyl (C=O) groups excluding carboxylic acids is 2. The van der Waals surface area contributed by atoms with E-state index in [-0.39, 0.29) is 11.5 Å². The van der Waals surface area contributed by atoms with Gasteiger partial charge in [0.05, 0.1) is 10.0 Å². The number of fused-ring (bicyclic) bond motifs is 1. The summed E-state index contributed by atoms with van der Waals surface area (Å²) in [6.07, 6.45) is 1.79. The number of nitrogens with one attached hydrogen (secondary N) is 1. The van der Waals surface area contributed by atoms with Crippen LogP contribution in [0.4, 0.5) is 0 Å². The third-order valence-electron chi connectivity index (χ3n) is 4.61. The van der Waals surface area contributed by atoms with Crippen LogP contribution < -0.4 is 5.48 Å². The molecule has 9 heteroatoms. The minimum atomic E-state index is -1.21. The molecule has 0 fully saturated rings. The van der Waals surface area contributed by atoms with E-state index >= 15 is 0 Å². The standard InChI is InChI=1S/C19H18Cl2N2O5/c1-10-17-14(3-2-4-15(17)24)23(8-11-5-6-12(20)13(21)7-11)18(10)19(27)22-28-9-16(25)26/h5-7H,2-4,8-9H2,1H3,(H,22,27)(H,25,26). The quantitative estimate of drug-likeness (QED) is 0.692. The number of ketones is 1. The number of hydrogen-bond acceptors (Lipinski definition) is 4. The fourth-order valence-corrected chi connectivity index (χ4v) is 3.80. The van der Waals surface area contributed by atoms with E-state index in [2.05, 4.69) is 5.48 Å². The Labute approximate surface area is 171 Å². The summed E-state index contributed by atoms with van der Waals surface area (Å²) in [7, 11) is 0. The zero-order valence-electron chi connectivity index (χ0n) is 15.1. The summed E-state index contributed by atoms with van der Waals surface area (Å²) in [5.41, 5.74) is 5.10. The maximum absolute atomic E-state index is 12.7. The zero-order valence-corrected chi connectivity index (χ0v) is 16.6. The summed E-state index contributed by atoms with van der Waals surface area (Å²) >= 11 is 12.1. The first kappa shape index (κ1) is 20.4. The molecule has 0 saturated heterocycles. The van der Waals surface area contributed by atoms with Crippen molar-refractivity contribution in [2.24, 2.45) is 0 Å². The molecule has 1 aliphatic rings. The number of benzene rings is 1. The van der Waals surface area contributed by atoms with Crippen molar-refractivity contribution >= 4 is 40.9 Å². The summed E-state index contributed by atoms with van der Waals surface area (Å²) in [5.74, 6) is -1.83. The summed E-state index contributed by atoms with van der Waals surface area (Å²) in [6, 6.07) is 5.17. The molecule has 0 saturated carbocycles. The molecular formula is C19H18Cl2N2O5. The van der Waals surface area contributed by atoms with Gasteiger partial charge in [0, 0.05) is 24.2 Å². The molecule has 1 aromatic carbocycles. The Bertz CT molecular complexity index is 968. The van der Waals surface area contributed by atoms with Gasteiger partial charge in [-0.05, 0) is 43.0 Å². The molecule has 3 rings (SSSR count). The van der Waals surface area contributed by atoms with E-state index in [9.17, 15) is 14.4 Å². The molecule has 0 atom stereocenters. The molecule has 0 bridgehead atoms. The Morgan fingerprint density at radius 1 is 1.25 bits per heavy atom. The second-order valence-corrected chi connectivity index (χ2v) is 7.33. The number of hydrogen-bond donors (Lipinski definition) is 2. The van der Waals surface area contributed by atoms with Crippen LogP contribution >= 0.6 is 23.2 Å². The van der Waals surface area contributed by atoms with Crippen molar-refractivity contribution in [3.8, 4) is 0 Å². The molecule has 2 aromatic rings. The average molecular weight is 425 g/mol. The molecule has 28 heavy (non-hydrogen) atoms. The van der Waals surface area contributed by atoms with Crippen LogP contribution in [0.15, 0.2) is 18.2 Å². The molecule has 7 nitrogen and oxygen atoms in total. The van der Waals surface area contributed by atoms with E-state index in [1.807, 2.05) is 0 Å². The average Bonchev–Trinajstić information content (AvgIpc) is 2.91. The van der Waals surface area contributed by atoms with Gasteiger partial charge in [-0.3, -0.25) is 14.4 Å². The van der Waals surface area contributed by atoms with Crippen molar-refractivity contribution < 1.29 is 24.3 Å². The van der Waals surface area contributed by atoms with Crippen LogP contribution in [0.3, 0.4) is 0 Å². The topological polar surface area (TPSA) is 97.6 Å². The lowest BCUT2D eigenvalue weighted by molar-refractivity contribution is -0.144. The van der Waals surface area contributed by atoms with Crippen LogP contribution in [0.1, 0.15) is 50.5 Å².